The third-order valence-corrected chi connectivity index (χ3v) is 6.04. The highest BCUT2D eigenvalue weighted by Gasteiger charge is 2.16. The lowest BCUT2D eigenvalue weighted by atomic mass is 10.0. The zero-order valence-corrected chi connectivity index (χ0v) is 19.3. The van der Waals surface area contributed by atoms with Crippen LogP contribution in [0.5, 0.6) is 0 Å². The van der Waals surface area contributed by atoms with Gasteiger partial charge < -0.3 is 10.3 Å². The molecule has 35 heavy (non-hydrogen) atoms. The van der Waals surface area contributed by atoms with Gasteiger partial charge in [0.2, 0.25) is 0 Å². The summed E-state index contributed by atoms with van der Waals surface area (Å²) in [5.74, 6) is -0.264. The summed E-state index contributed by atoms with van der Waals surface area (Å²) in [6.07, 6.45) is 5.38. The fourth-order valence-electron chi connectivity index (χ4n) is 4.48. The zero-order valence-electron chi connectivity index (χ0n) is 19.3. The molecular weight excluding hydrogens is 439 g/mol. The summed E-state index contributed by atoms with van der Waals surface area (Å²) in [6.45, 7) is 4.20. The molecule has 4 heterocycles. The van der Waals surface area contributed by atoms with E-state index in [0.717, 1.165) is 50.1 Å². The first kappa shape index (κ1) is 21.0. The Balaban J connectivity index is 1.46. The quantitative estimate of drug-likeness (QED) is 0.263. The van der Waals surface area contributed by atoms with Crippen LogP contribution in [0.25, 0.3) is 55.6 Å². The fraction of sp³-hybridized carbons (Fsp3) is 0.107. The molecule has 2 aromatic carbocycles. The molecule has 0 saturated heterocycles. The van der Waals surface area contributed by atoms with Crippen LogP contribution in [0.1, 0.15) is 13.8 Å². The predicted octanol–water partition coefficient (Wildman–Crippen LogP) is 6.79. The number of hydrogen-bond donors (Lipinski definition) is 3. The molecule has 0 spiro atoms. The molecule has 0 fully saturated rings. The second-order valence-electron chi connectivity index (χ2n) is 8.88. The van der Waals surface area contributed by atoms with Gasteiger partial charge in [-0.3, -0.25) is 10.1 Å². The normalized spacial score (nSPS) is 11.5. The topological polar surface area (TPSA) is 82.3 Å². The summed E-state index contributed by atoms with van der Waals surface area (Å²) in [4.78, 5) is 12.3. The SMILES string of the molecule is CC(C)Nc1cncc(-c2ccc3[nH]nc(-c4cc5c(-c6ccccc6F)ccnc5[nH]4)c3c2)c1. The lowest BCUT2D eigenvalue weighted by Crippen LogP contribution is -2.09. The Morgan fingerprint density at radius 2 is 1.77 bits per heavy atom. The van der Waals surface area contributed by atoms with Crippen molar-refractivity contribution in [1.29, 1.82) is 0 Å². The summed E-state index contributed by atoms with van der Waals surface area (Å²) >= 11 is 0. The number of rotatable bonds is 5. The minimum absolute atomic E-state index is 0.264. The van der Waals surface area contributed by atoms with Crippen LogP contribution in [0.4, 0.5) is 10.1 Å². The van der Waals surface area contributed by atoms with Crippen molar-refractivity contribution in [3.05, 3.63) is 85.1 Å². The standard InChI is InChI=1S/C28H23FN6/c1-16(2)32-19-11-18(14-30-15-19)17-7-8-25-23(12-17)27(35-34-25)26-13-22-20(9-10-31-28(22)33-26)21-5-3-4-6-24(21)29/h3-16,32H,1-2H3,(H,31,33)(H,34,35). The number of hydrogen-bond acceptors (Lipinski definition) is 4. The van der Waals surface area contributed by atoms with E-state index in [1.807, 2.05) is 36.7 Å². The van der Waals surface area contributed by atoms with Crippen LogP contribution in [0.2, 0.25) is 0 Å². The number of H-pyrrole nitrogens is 2. The smallest absolute Gasteiger partial charge is 0.138 e. The Morgan fingerprint density at radius 3 is 2.63 bits per heavy atom. The highest BCUT2D eigenvalue weighted by atomic mass is 19.1. The maximum atomic E-state index is 14.5. The van der Waals surface area contributed by atoms with Gasteiger partial charge in [0.25, 0.3) is 0 Å². The molecule has 4 aromatic heterocycles. The van der Waals surface area contributed by atoms with E-state index < -0.39 is 0 Å². The molecule has 0 saturated carbocycles. The van der Waals surface area contributed by atoms with Crippen molar-refractivity contribution < 1.29 is 4.39 Å². The molecule has 0 radical (unpaired) electrons. The number of halogens is 1. The predicted molar refractivity (Wildman–Crippen MR) is 139 cm³/mol. The number of fused-ring (bicyclic) bond motifs is 2. The minimum atomic E-state index is -0.264. The van der Waals surface area contributed by atoms with Crippen LogP contribution in [-0.2, 0) is 0 Å². The highest BCUT2D eigenvalue weighted by Crippen LogP contribution is 2.35. The molecule has 6 aromatic rings. The Kier molecular flexibility index (Phi) is 5.03. The Morgan fingerprint density at radius 1 is 0.886 bits per heavy atom. The van der Waals surface area contributed by atoms with E-state index in [1.54, 1.807) is 18.3 Å². The second-order valence-corrected chi connectivity index (χ2v) is 8.88. The summed E-state index contributed by atoms with van der Waals surface area (Å²) in [6, 6.07) is 19.2. The molecule has 0 bridgehead atoms. The van der Waals surface area contributed by atoms with Crippen LogP contribution in [0.3, 0.4) is 0 Å². The molecule has 7 heteroatoms. The number of nitrogens with zero attached hydrogens (tertiary/aromatic N) is 3. The van der Waals surface area contributed by atoms with Gasteiger partial charge in [0, 0.05) is 46.5 Å². The number of nitrogens with one attached hydrogen (secondary N) is 3. The number of anilines is 1. The van der Waals surface area contributed by atoms with Crippen LogP contribution in [-0.4, -0.2) is 31.2 Å². The fourth-order valence-corrected chi connectivity index (χ4v) is 4.48. The van der Waals surface area contributed by atoms with E-state index in [9.17, 15) is 4.39 Å². The molecule has 172 valence electrons. The average Bonchev–Trinajstić information content (AvgIpc) is 3.47. The van der Waals surface area contributed by atoms with E-state index in [2.05, 4.69) is 62.5 Å². The van der Waals surface area contributed by atoms with Gasteiger partial charge in [-0.25, -0.2) is 9.37 Å². The minimum Gasteiger partial charge on any atom is -0.382 e. The van der Waals surface area contributed by atoms with Crippen molar-refractivity contribution in [2.75, 3.05) is 5.32 Å². The van der Waals surface area contributed by atoms with Crippen molar-refractivity contribution in [2.45, 2.75) is 19.9 Å². The van der Waals surface area contributed by atoms with Crippen LogP contribution in [0, 0.1) is 5.82 Å². The van der Waals surface area contributed by atoms with E-state index in [0.29, 0.717) is 17.3 Å². The first-order valence-corrected chi connectivity index (χ1v) is 11.5. The molecule has 0 unspecified atom stereocenters. The van der Waals surface area contributed by atoms with Gasteiger partial charge in [-0.2, -0.15) is 5.10 Å². The first-order chi connectivity index (χ1) is 17.1. The van der Waals surface area contributed by atoms with Gasteiger partial charge in [-0.15, -0.1) is 0 Å². The van der Waals surface area contributed by atoms with Crippen LogP contribution in [0.15, 0.2) is 79.3 Å². The van der Waals surface area contributed by atoms with Crippen molar-refractivity contribution in [3.63, 3.8) is 0 Å². The largest absolute Gasteiger partial charge is 0.382 e. The van der Waals surface area contributed by atoms with Crippen LogP contribution < -0.4 is 5.32 Å². The third-order valence-electron chi connectivity index (χ3n) is 6.04. The Hall–Kier alpha value is -4.52. The van der Waals surface area contributed by atoms with Gasteiger partial charge in [-0.05, 0) is 61.4 Å². The molecule has 0 aliphatic carbocycles. The monoisotopic (exact) mass is 462 g/mol. The summed E-state index contributed by atoms with van der Waals surface area (Å²) < 4.78 is 14.5. The van der Waals surface area contributed by atoms with Crippen molar-refractivity contribution in [3.8, 4) is 33.6 Å². The second kappa shape index (κ2) is 8.36. The molecule has 0 aliphatic rings. The molecule has 3 N–H and O–H groups in total. The van der Waals surface area contributed by atoms with E-state index >= 15 is 0 Å². The number of aromatic amines is 2. The number of pyridine rings is 2. The van der Waals surface area contributed by atoms with E-state index in [4.69, 9.17) is 0 Å². The maximum Gasteiger partial charge on any atom is 0.138 e. The van der Waals surface area contributed by atoms with Crippen molar-refractivity contribution in [1.82, 2.24) is 25.1 Å². The lowest BCUT2D eigenvalue weighted by Gasteiger charge is -2.11. The molecule has 6 rings (SSSR count). The molecule has 0 amide bonds. The summed E-state index contributed by atoms with van der Waals surface area (Å²) in [7, 11) is 0. The van der Waals surface area contributed by atoms with Gasteiger partial charge in [0.15, 0.2) is 0 Å². The summed E-state index contributed by atoms with van der Waals surface area (Å²) in [5.41, 5.74) is 7.58. The van der Waals surface area contributed by atoms with E-state index in [-0.39, 0.29) is 5.82 Å². The molecule has 6 nitrogen and oxygen atoms in total. The number of benzene rings is 2. The Bertz CT molecular complexity index is 1680. The average molecular weight is 463 g/mol. The third kappa shape index (κ3) is 3.81. The summed E-state index contributed by atoms with van der Waals surface area (Å²) in [5, 5.41) is 12.9. The van der Waals surface area contributed by atoms with Gasteiger partial charge in [-0.1, -0.05) is 24.3 Å². The first-order valence-electron chi connectivity index (χ1n) is 11.5. The maximum absolute atomic E-state index is 14.5. The van der Waals surface area contributed by atoms with Crippen LogP contribution >= 0.6 is 0 Å². The molecular formula is C28H23FN6. The van der Waals surface area contributed by atoms with Crippen molar-refractivity contribution >= 4 is 27.6 Å². The lowest BCUT2D eigenvalue weighted by molar-refractivity contribution is 0.631. The van der Waals surface area contributed by atoms with Gasteiger partial charge in [0.05, 0.1) is 16.9 Å². The molecule has 0 aliphatic heterocycles. The van der Waals surface area contributed by atoms with Crippen molar-refractivity contribution in [2.24, 2.45) is 0 Å². The highest BCUT2D eigenvalue weighted by molar-refractivity contribution is 6.00. The van der Waals surface area contributed by atoms with E-state index in [1.165, 1.54) is 6.07 Å². The van der Waals surface area contributed by atoms with Gasteiger partial charge >= 0.3 is 0 Å². The zero-order chi connectivity index (χ0) is 23.9. The van der Waals surface area contributed by atoms with Gasteiger partial charge in [0.1, 0.15) is 17.2 Å². The molecule has 0 atom stereocenters. The number of aromatic nitrogens is 5. The Labute approximate surface area is 201 Å².